The van der Waals surface area contributed by atoms with Crippen LogP contribution in [0.2, 0.25) is 0 Å². The third kappa shape index (κ3) is 5.85. The van der Waals surface area contributed by atoms with Crippen LogP contribution in [-0.2, 0) is 10.3 Å². The number of carbonyl (C=O) groups is 2. The van der Waals surface area contributed by atoms with E-state index in [1.54, 1.807) is 12.1 Å². The summed E-state index contributed by atoms with van der Waals surface area (Å²) < 4.78 is 10.8. The minimum atomic E-state index is -0.704. The molecular weight excluding hydrogens is 538 g/mol. The number of benzene rings is 4. The van der Waals surface area contributed by atoms with E-state index in [0.717, 1.165) is 11.1 Å². The van der Waals surface area contributed by atoms with Gasteiger partial charge in [-0.05, 0) is 47.0 Å². The van der Waals surface area contributed by atoms with Gasteiger partial charge in [0.1, 0.15) is 11.3 Å². The molecule has 0 spiro atoms. The number of rotatable bonds is 9. The fourth-order valence-corrected chi connectivity index (χ4v) is 4.53. The van der Waals surface area contributed by atoms with E-state index in [-0.39, 0.29) is 22.7 Å². The fraction of sp³-hybridized carbons (Fsp3) is 0.0968. The molecular formula is C31H25N5O6. The first-order valence-electron chi connectivity index (χ1n) is 12.8. The number of nitrogens with one attached hydrogen (secondary N) is 2. The lowest BCUT2D eigenvalue weighted by molar-refractivity contribution is -0.384. The van der Waals surface area contributed by atoms with Crippen LogP contribution in [0.15, 0.2) is 113 Å². The van der Waals surface area contributed by atoms with Gasteiger partial charge in [-0.3, -0.25) is 20.3 Å². The van der Waals surface area contributed by atoms with Crippen LogP contribution in [0, 0.1) is 10.1 Å². The summed E-state index contributed by atoms with van der Waals surface area (Å²) in [5.41, 5.74) is 7.85. The van der Waals surface area contributed by atoms with Gasteiger partial charge in [-0.1, -0.05) is 60.7 Å². The van der Waals surface area contributed by atoms with Crippen molar-refractivity contribution in [1.82, 2.24) is 10.9 Å². The normalized spacial score (nSPS) is 13.6. The number of nitro groups is 1. The van der Waals surface area contributed by atoms with E-state index in [0.29, 0.717) is 17.7 Å². The third-order valence-corrected chi connectivity index (χ3v) is 6.69. The van der Waals surface area contributed by atoms with E-state index in [2.05, 4.69) is 21.1 Å². The van der Waals surface area contributed by atoms with E-state index < -0.39 is 22.3 Å². The summed E-state index contributed by atoms with van der Waals surface area (Å²) >= 11 is 0. The number of esters is 1. The van der Waals surface area contributed by atoms with Gasteiger partial charge in [-0.15, -0.1) is 0 Å². The van der Waals surface area contributed by atoms with Crippen molar-refractivity contribution in [3.05, 3.63) is 135 Å². The Morgan fingerprint density at radius 2 is 1.60 bits per heavy atom. The molecule has 0 saturated heterocycles. The highest BCUT2D eigenvalue weighted by molar-refractivity contribution is 6.39. The average Bonchev–Trinajstić information content (AvgIpc) is 3.49. The summed E-state index contributed by atoms with van der Waals surface area (Å²) in [6.45, 7) is 0. The molecule has 4 aromatic carbocycles. The highest BCUT2D eigenvalue weighted by Crippen LogP contribution is 2.36. The predicted octanol–water partition coefficient (Wildman–Crippen LogP) is 4.57. The van der Waals surface area contributed by atoms with Crippen LogP contribution in [0.1, 0.15) is 33.5 Å². The number of hydrazone groups is 2. The van der Waals surface area contributed by atoms with E-state index in [4.69, 9.17) is 9.47 Å². The van der Waals surface area contributed by atoms with Crippen molar-refractivity contribution in [2.24, 2.45) is 10.2 Å². The maximum Gasteiger partial charge on any atom is 0.343 e. The van der Waals surface area contributed by atoms with Gasteiger partial charge in [0, 0.05) is 18.6 Å². The number of ether oxygens (including phenoxy) is 2. The molecule has 1 aliphatic rings. The lowest BCUT2D eigenvalue weighted by Gasteiger charge is -2.30. The summed E-state index contributed by atoms with van der Waals surface area (Å²) in [6.07, 6.45) is 1.75. The number of carbonyl (C=O) groups excluding carboxylic acids is 2. The smallest absolute Gasteiger partial charge is 0.343 e. The minimum Gasteiger partial charge on any atom is -0.493 e. The van der Waals surface area contributed by atoms with Crippen molar-refractivity contribution in [2.45, 2.75) is 12.0 Å². The SMILES string of the molecule is COc1cc(C=NNC(=O)C2=NNC(c3ccccc3)(c3ccccc3)C2)ccc1OC(=O)c1ccc([N+](=O)[O-])cc1. The number of non-ortho nitro benzene ring substituents is 1. The summed E-state index contributed by atoms with van der Waals surface area (Å²) in [4.78, 5) is 35.7. The van der Waals surface area contributed by atoms with Gasteiger partial charge in [-0.25, -0.2) is 10.2 Å². The Labute approximate surface area is 240 Å². The summed E-state index contributed by atoms with van der Waals surface area (Å²) in [6, 6.07) is 29.4. The van der Waals surface area contributed by atoms with Crippen LogP contribution in [0.4, 0.5) is 5.69 Å². The highest BCUT2D eigenvalue weighted by Gasteiger charge is 2.41. The number of nitrogens with zero attached hydrogens (tertiary/aromatic N) is 3. The van der Waals surface area contributed by atoms with Crippen LogP contribution in [0.5, 0.6) is 11.5 Å². The molecule has 1 amide bonds. The van der Waals surface area contributed by atoms with Crippen molar-refractivity contribution in [3.8, 4) is 11.5 Å². The third-order valence-electron chi connectivity index (χ3n) is 6.69. The van der Waals surface area contributed by atoms with Crippen LogP contribution in [-0.4, -0.2) is 35.8 Å². The number of hydrogen-bond donors (Lipinski definition) is 2. The van der Waals surface area contributed by atoms with Gasteiger partial charge < -0.3 is 9.47 Å². The number of nitro benzene ring substituents is 1. The quantitative estimate of drug-likeness (QED) is 0.0998. The van der Waals surface area contributed by atoms with Crippen LogP contribution >= 0.6 is 0 Å². The van der Waals surface area contributed by atoms with Gasteiger partial charge in [0.05, 0.1) is 23.8 Å². The Balaban J connectivity index is 1.24. The second-order valence-electron chi connectivity index (χ2n) is 9.29. The van der Waals surface area contributed by atoms with Crippen molar-refractivity contribution >= 4 is 29.5 Å². The molecule has 0 radical (unpaired) electrons. The Bertz CT molecular complexity index is 1630. The van der Waals surface area contributed by atoms with Crippen LogP contribution < -0.4 is 20.3 Å². The van der Waals surface area contributed by atoms with E-state index >= 15 is 0 Å². The minimum absolute atomic E-state index is 0.136. The molecule has 1 aliphatic heterocycles. The highest BCUT2D eigenvalue weighted by atomic mass is 16.6. The Kier molecular flexibility index (Phi) is 8.00. The standard InChI is InChI=1S/C31H25N5O6/c1-41-28-18-21(12-17-27(28)42-30(38)22-13-15-25(16-14-22)36(39)40)20-32-34-29(37)26-19-31(35-33-26,23-8-4-2-5-9-23)24-10-6-3-7-11-24/h2-18,20,35H,19H2,1H3,(H,34,37). The van der Waals surface area contributed by atoms with Crippen molar-refractivity contribution in [2.75, 3.05) is 7.11 Å². The topological polar surface area (TPSA) is 145 Å². The second-order valence-corrected chi connectivity index (χ2v) is 9.29. The molecule has 1 heterocycles. The largest absolute Gasteiger partial charge is 0.493 e. The summed E-state index contributed by atoms with van der Waals surface area (Å²) in [5, 5.41) is 19.2. The number of methoxy groups -OCH3 is 1. The van der Waals surface area contributed by atoms with E-state index in [1.807, 2.05) is 60.7 Å². The van der Waals surface area contributed by atoms with Crippen LogP contribution in [0.3, 0.4) is 0 Å². The van der Waals surface area contributed by atoms with Gasteiger partial charge in [-0.2, -0.15) is 10.2 Å². The molecule has 0 atom stereocenters. The molecule has 2 N–H and O–H groups in total. The molecule has 4 aromatic rings. The number of hydrogen-bond acceptors (Lipinski definition) is 9. The first-order chi connectivity index (χ1) is 20.4. The maximum atomic E-state index is 13.0. The number of amides is 1. The van der Waals surface area contributed by atoms with Crippen molar-refractivity contribution < 1.29 is 24.0 Å². The molecule has 0 unspecified atom stereocenters. The van der Waals surface area contributed by atoms with Gasteiger partial charge in [0.25, 0.3) is 11.6 Å². The van der Waals surface area contributed by atoms with Crippen molar-refractivity contribution in [1.29, 1.82) is 0 Å². The molecule has 11 heteroatoms. The first-order valence-corrected chi connectivity index (χ1v) is 12.8. The average molecular weight is 564 g/mol. The predicted molar refractivity (Wildman–Crippen MR) is 156 cm³/mol. The Morgan fingerprint density at radius 3 is 2.19 bits per heavy atom. The molecule has 0 saturated carbocycles. The molecule has 210 valence electrons. The van der Waals surface area contributed by atoms with Crippen LogP contribution in [0.25, 0.3) is 0 Å². The zero-order valence-electron chi connectivity index (χ0n) is 22.4. The van der Waals surface area contributed by atoms with Gasteiger partial charge >= 0.3 is 5.97 Å². The second kappa shape index (κ2) is 12.1. The fourth-order valence-electron chi connectivity index (χ4n) is 4.53. The zero-order chi connectivity index (χ0) is 29.5. The van der Waals surface area contributed by atoms with E-state index in [9.17, 15) is 19.7 Å². The molecule has 0 fully saturated rings. The van der Waals surface area contributed by atoms with Crippen molar-refractivity contribution in [3.63, 3.8) is 0 Å². The molecule has 11 nitrogen and oxygen atoms in total. The lowest BCUT2D eigenvalue weighted by Crippen LogP contribution is -2.38. The lowest BCUT2D eigenvalue weighted by atomic mass is 9.80. The maximum absolute atomic E-state index is 13.0. The van der Waals surface area contributed by atoms with Gasteiger partial charge in [0.15, 0.2) is 11.5 Å². The Morgan fingerprint density at radius 1 is 0.952 bits per heavy atom. The van der Waals surface area contributed by atoms with Gasteiger partial charge in [0.2, 0.25) is 0 Å². The summed E-state index contributed by atoms with van der Waals surface area (Å²) in [5.74, 6) is -0.759. The van der Waals surface area contributed by atoms with E-state index in [1.165, 1.54) is 43.7 Å². The molecule has 0 bridgehead atoms. The molecule has 5 rings (SSSR count). The summed E-state index contributed by atoms with van der Waals surface area (Å²) in [7, 11) is 1.41. The molecule has 42 heavy (non-hydrogen) atoms. The Hall–Kier alpha value is -5.84. The monoisotopic (exact) mass is 563 g/mol. The molecule has 0 aromatic heterocycles. The molecule has 0 aliphatic carbocycles. The first kappa shape index (κ1) is 27.7. The zero-order valence-corrected chi connectivity index (χ0v) is 22.4.